The smallest absolute Gasteiger partial charge is 0.260 e. The molecule has 1 aromatic heterocycles. The number of fused-ring (bicyclic) bond motifs is 1. The summed E-state index contributed by atoms with van der Waals surface area (Å²) in [5, 5.41) is 1.33. The average molecular weight is 393 g/mol. The molecule has 0 radical (unpaired) electrons. The number of thiazole rings is 1. The Labute approximate surface area is 166 Å². The number of rotatable bonds is 4. The van der Waals surface area contributed by atoms with E-state index >= 15 is 0 Å². The number of benzene rings is 3. The highest BCUT2D eigenvalue weighted by Crippen LogP contribution is 2.32. The van der Waals surface area contributed by atoms with Crippen molar-refractivity contribution in [1.29, 1.82) is 0 Å². The second-order valence-corrected chi connectivity index (χ2v) is 7.80. The van der Waals surface area contributed by atoms with E-state index in [2.05, 4.69) is 4.98 Å². The number of hydrogen-bond donors (Lipinski definition) is 0. The maximum absolute atomic E-state index is 13.3. The standard InChI is InChI=1S/C22H17ClN2OS/c1-15-7-9-17(10-8-15)21(26)25(14-16-5-3-2-4-6-16)22-24-19-12-11-18(23)13-20(19)27-22/h2-13H,14H2,1H3. The highest BCUT2D eigenvalue weighted by Gasteiger charge is 2.21. The van der Waals surface area contributed by atoms with Gasteiger partial charge in [-0.15, -0.1) is 0 Å². The monoisotopic (exact) mass is 392 g/mol. The molecule has 134 valence electrons. The van der Waals surface area contributed by atoms with Crippen LogP contribution in [0.15, 0.2) is 72.8 Å². The van der Waals surface area contributed by atoms with Gasteiger partial charge in [0.2, 0.25) is 0 Å². The molecule has 0 aliphatic carbocycles. The van der Waals surface area contributed by atoms with Crippen LogP contribution in [0.25, 0.3) is 10.2 Å². The van der Waals surface area contributed by atoms with E-state index in [1.54, 1.807) is 4.90 Å². The van der Waals surface area contributed by atoms with Gasteiger partial charge in [0.15, 0.2) is 5.13 Å². The molecule has 1 heterocycles. The van der Waals surface area contributed by atoms with Gasteiger partial charge in [-0.05, 0) is 42.8 Å². The average Bonchev–Trinajstić information content (AvgIpc) is 3.10. The lowest BCUT2D eigenvalue weighted by atomic mass is 10.1. The summed E-state index contributed by atoms with van der Waals surface area (Å²) in [7, 11) is 0. The van der Waals surface area contributed by atoms with Crippen molar-refractivity contribution in [1.82, 2.24) is 4.98 Å². The summed E-state index contributed by atoms with van der Waals surface area (Å²) in [6.45, 7) is 2.47. The van der Waals surface area contributed by atoms with E-state index in [0.29, 0.717) is 22.3 Å². The van der Waals surface area contributed by atoms with E-state index in [1.807, 2.05) is 79.7 Å². The molecule has 0 spiro atoms. The third-order valence-electron chi connectivity index (χ3n) is 4.30. The summed E-state index contributed by atoms with van der Waals surface area (Å²) in [6, 6.07) is 23.1. The van der Waals surface area contributed by atoms with Gasteiger partial charge in [0, 0.05) is 10.6 Å². The Morgan fingerprint density at radius 3 is 2.52 bits per heavy atom. The number of carbonyl (C=O) groups excluding carboxylic acids is 1. The molecular formula is C22H17ClN2OS. The minimum Gasteiger partial charge on any atom is -0.279 e. The van der Waals surface area contributed by atoms with Gasteiger partial charge in [0.05, 0.1) is 16.8 Å². The number of hydrogen-bond acceptors (Lipinski definition) is 3. The quantitative estimate of drug-likeness (QED) is 0.420. The van der Waals surface area contributed by atoms with E-state index in [4.69, 9.17) is 11.6 Å². The van der Waals surface area contributed by atoms with Gasteiger partial charge in [0.1, 0.15) is 0 Å². The van der Waals surface area contributed by atoms with E-state index < -0.39 is 0 Å². The zero-order valence-electron chi connectivity index (χ0n) is 14.7. The van der Waals surface area contributed by atoms with Gasteiger partial charge >= 0.3 is 0 Å². The molecule has 0 aliphatic rings. The van der Waals surface area contributed by atoms with Crippen molar-refractivity contribution in [2.24, 2.45) is 0 Å². The fourth-order valence-corrected chi connectivity index (χ4v) is 4.09. The van der Waals surface area contributed by atoms with E-state index in [0.717, 1.165) is 21.3 Å². The Bertz CT molecular complexity index is 1090. The molecule has 0 fully saturated rings. The number of nitrogens with zero attached hydrogens (tertiary/aromatic N) is 2. The summed E-state index contributed by atoms with van der Waals surface area (Å²) in [5.41, 5.74) is 3.66. The lowest BCUT2D eigenvalue weighted by Gasteiger charge is -2.20. The number of halogens is 1. The molecule has 5 heteroatoms. The van der Waals surface area contributed by atoms with Crippen LogP contribution >= 0.6 is 22.9 Å². The number of aromatic nitrogens is 1. The lowest BCUT2D eigenvalue weighted by molar-refractivity contribution is 0.0985. The normalized spacial score (nSPS) is 10.9. The molecule has 4 rings (SSSR count). The molecule has 0 N–H and O–H groups in total. The van der Waals surface area contributed by atoms with Crippen molar-refractivity contribution in [2.75, 3.05) is 4.90 Å². The predicted octanol–water partition coefficient (Wildman–Crippen LogP) is 6.11. The third kappa shape index (κ3) is 3.87. The fourth-order valence-electron chi connectivity index (χ4n) is 2.85. The highest BCUT2D eigenvalue weighted by molar-refractivity contribution is 7.22. The van der Waals surface area contributed by atoms with Gasteiger partial charge in [0.25, 0.3) is 5.91 Å². The number of anilines is 1. The Morgan fingerprint density at radius 2 is 1.78 bits per heavy atom. The van der Waals surface area contributed by atoms with Crippen molar-refractivity contribution < 1.29 is 4.79 Å². The van der Waals surface area contributed by atoms with Gasteiger partial charge in [-0.3, -0.25) is 9.69 Å². The van der Waals surface area contributed by atoms with Crippen molar-refractivity contribution >= 4 is 44.2 Å². The van der Waals surface area contributed by atoms with Crippen molar-refractivity contribution in [3.63, 3.8) is 0 Å². The number of carbonyl (C=O) groups is 1. The van der Waals surface area contributed by atoms with Crippen molar-refractivity contribution in [2.45, 2.75) is 13.5 Å². The molecule has 1 amide bonds. The summed E-state index contributed by atoms with van der Waals surface area (Å²) in [5.74, 6) is -0.0657. The Kier molecular flexibility index (Phi) is 4.92. The van der Waals surface area contributed by atoms with Crippen LogP contribution < -0.4 is 4.90 Å². The van der Waals surface area contributed by atoms with Crippen LogP contribution in [0.4, 0.5) is 5.13 Å². The fraction of sp³-hybridized carbons (Fsp3) is 0.0909. The van der Waals surface area contributed by atoms with Gasteiger partial charge < -0.3 is 0 Å². The zero-order valence-corrected chi connectivity index (χ0v) is 16.3. The van der Waals surface area contributed by atoms with Gasteiger partial charge in [-0.25, -0.2) is 4.98 Å². The minimum atomic E-state index is -0.0657. The first kappa shape index (κ1) is 17.7. The molecule has 27 heavy (non-hydrogen) atoms. The molecule has 4 aromatic rings. The topological polar surface area (TPSA) is 33.2 Å². The molecule has 0 aliphatic heterocycles. The van der Waals surface area contributed by atoms with Crippen LogP contribution in [0.3, 0.4) is 0 Å². The molecule has 0 atom stereocenters. The maximum Gasteiger partial charge on any atom is 0.260 e. The highest BCUT2D eigenvalue weighted by atomic mass is 35.5. The SMILES string of the molecule is Cc1ccc(C(=O)N(Cc2ccccc2)c2nc3ccc(Cl)cc3s2)cc1. The van der Waals surface area contributed by atoms with E-state index in [-0.39, 0.29) is 5.91 Å². The predicted molar refractivity (Wildman–Crippen MR) is 113 cm³/mol. The molecule has 0 saturated carbocycles. The van der Waals surface area contributed by atoms with Crippen LogP contribution in [0.1, 0.15) is 21.5 Å². The summed E-state index contributed by atoms with van der Waals surface area (Å²) in [4.78, 5) is 19.7. The minimum absolute atomic E-state index is 0.0657. The first-order chi connectivity index (χ1) is 13.1. The maximum atomic E-state index is 13.3. The molecule has 0 bridgehead atoms. The van der Waals surface area contributed by atoms with Crippen molar-refractivity contribution in [3.8, 4) is 0 Å². The second-order valence-electron chi connectivity index (χ2n) is 6.35. The first-order valence-corrected chi connectivity index (χ1v) is 9.78. The first-order valence-electron chi connectivity index (χ1n) is 8.59. The van der Waals surface area contributed by atoms with Crippen LogP contribution in [-0.4, -0.2) is 10.9 Å². The van der Waals surface area contributed by atoms with Crippen LogP contribution in [0, 0.1) is 6.92 Å². The van der Waals surface area contributed by atoms with Crippen LogP contribution in [0.5, 0.6) is 0 Å². The zero-order chi connectivity index (χ0) is 18.8. The Hall–Kier alpha value is -2.69. The third-order valence-corrected chi connectivity index (χ3v) is 5.57. The van der Waals surface area contributed by atoms with Crippen LogP contribution in [0.2, 0.25) is 5.02 Å². The molecule has 3 nitrogen and oxygen atoms in total. The molecular weight excluding hydrogens is 376 g/mol. The molecule has 0 saturated heterocycles. The molecule has 3 aromatic carbocycles. The van der Waals surface area contributed by atoms with Crippen LogP contribution in [-0.2, 0) is 6.54 Å². The van der Waals surface area contributed by atoms with E-state index in [1.165, 1.54) is 11.3 Å². The summed E-state index contributed by atoms with van der Waals surface area (Å²) >= 11 is 7.58. The van der Waals surface area contributed by atoms with Gasteiger partial charge in [-0.2, -0.15) is 0 Å². The Morgan fingerprint density at radius 1 is 1.04 bits per heavy atom. The Balaban J connectivity index is 1.76. The summed E-state index contributed by atoms with van der Waals surface area (Å²) < 4.78 is 0.965. The van der Waals surface area contributed by atoms with Gasteiger partial charge in [-0.1, -0.05) is 71.0 Å². The largest absolute Gasteiger partial charge is 0.279 e. The number of aryl methyl sites for hydroxylation is 1. The summed E-state index contributed by atoms with van der Waals surface area (Å²) in [6.07, 6.45) is 0. The molecule has 0 unspecified atom stereocenters. The lowest BCUT2D eigenvalue weighted by Crippen LogP contribution is -2.30. The number of amides is 1. The second kappa shape index (κ2) is 7.51. The van der Waals surface area contributed by atoms with E-state index in [9.17, 15) is 4.79 Å². The van der Waals surface area contributed by atoms with Crippen molar-refractivity contribution in [3.05, 3.63) is 94.5 Å².